The molecule has 0 aromatic carbocycles. The van der Waals surface area contributed by atoms with Crippen molar-refractivity contribution in [2.24, 2.45) is 34.0 Å². The quantitative estimate of drug-likeness (QED) is 0.540. The summed E-state index contributed by atoms with van der Waals surface area (Å²) in [5.74, 6) is 0.189. The van der Waals surface area contributed by atoms with Gasteiger partial charge in [-0.2, -0.15) is 0 Å². The molecule has 4 fully saturated rings. The molecule has 25 heavy (non-hydrogen) atoms. The summed E-state index contributed by atoms with van der Waals surface area (Å²) >= 11 is 0. The summed E-state index contributed by atoms with van der Waals surface area (Å²) in [5, 5.41) is 0. The van der Waals surface area contributed by atoms with Crippen molar-refractivity contribution in [3.05, 3.63) is 12.2 Å². The number of hydrogen-bond donors (Lipinski definition) is 0. The molecule has 0 aliphatic heterocycles. The van der Waals surface area contributed by atoms with E-state index in [4.69, 9.17) is 4.74 Å². The van der Waals surface area contributed by atoms with Crippen LogP contribution in [0, 0.1) is 34.0 Å². The van der Waals surface area contributed by atoms with E-state index in [1.54, 1.807) is 0 Å². The number of Topliss-reactive ketones (excluding diaryl/α,β-unsaturated/α-hetero) is 2. The largest absolute Gasteiger partial charge is 0.469 e. The highest BCUT2D eigenvalue weighted by Gasteiger charge is 2.72. The summed E-state index contributed by atoms with van der Waals surface area (Å²) < 4.78 is 5.03. The SMILES string of the molecule is C=C1C(=O)[C@@]23CCC4[C@H](C(=O)OC)CC(=O)C[C@@]4(C)[C@]2(C)CC[C@@H]1C3. The van der Waals surface area contributed by atoms with Crippen molar-refractivity contribution in [3.63, 3.8) is 0 Å². The number of hydrogen-bond acceptors (Lipinski definition) is 4. The normalized spacial score (nSPS) is 48.8. The number of fused-ring (bicyclic) bond motifs is 3. The lowest BCUT2D eigenvalue weighted by Crippen LogP contribution is -2.64. The van der Waals surface area contributed by atoms with Crippen LogP contribution in [-0.4, -0.2) is 24.6 Å². The molecule has 1 spiro atoms. The van der Waals surface area contributed by atoms with Crippen LogP contribution in [0.4, 0.5) is 0 Å². The van der Waals surface area contributed by atoms with Crippen LogP contribution >= 0.6 is 0 Å². The first-order chi connectivity index (χ1) is 11.7. The van der Waals surface area contributed by atoms with Gasteiger partial charge in [-0.3, -0.25) is 14.4 Å². The number of ketones is 2. The Labute approximate surface area is 149 Å². The average molecular weight is 344 g/mol. The highest BCUT2D eigenvalue weighted by molar-refractivity contribution is 6.03. The zero-order chi connectivity index (χ0) is 18.2. The summed E-state index contributed by atoms with van der Waals surface area (Å²) in [6, 6.07) is 0. The van der Waals surface area contributed by atoms with Crippen molar-refractivity contribution in [1.82, 2.24) is 0 Å². The molecule has 136 valence electrons. The Morgan fingerprint density at radius 2 is 1.92 bits per heavy atom. The molecular weight excluding hydrogens is 316 g/mol. The third kappa shape index (κ3) is 1.81. The molecule has 0 N–H and O–H groups in total. The number of allylic oxidation sites excluding steroid dienone is 1. The van der Waals surface area contributed by atoms with Gasteiger partial charge in [-0.1, -0.05) is 20.4 Å². The minimum absolute atomic E-state index is 0.117. The molecule has 4 nitrogen and oxygen atoms in total. The van der Waals surface area contributed by atoms with Gasteiger partial charge >= 0.3 is 5.97 Å². The van der Waals surface area contributed by atoms with Crippen LogP contribution in [0.1, 0.15) is 58.8 Å². The van der Waals surface area contributed by atoms with Gasteiger partial charge in [-0.15, -0.1) is 0 Å². The van der Waals surface area contributed by atoms with E-state index < -0.39 is 0 Å². The topological polar surface area (TPSA) is 60.4 Å². The molecule has 2 bridgehead atoms. The van der Waals surface area contributed by atoms with Gasteiger partial charge < -0.3 is 4.74 Å². The van der Waals surface area contributed by atoms with Crippen LogP contribution in [0.25, 0.3) is 0 Å². The summed E-state index contributed by atoms with van der Waals surface area (Å²) in [5.41, 5.74) is -0.156. The van der Waals surface area contributed by atoms with Crippen LogP contribution in [0.5, 0.6) is 0 Å². The standard InChI is InChI=1S/C21H28O4/c1-12-13-5-7-20(3)19(2)11-14(22)9-15(18(24)25-4)16(19)6-8-21(20,10-13)17(12)23/h13,15-16H,1,5-11H2,2-4H3/t13-,15-,16?,19-,20+,21+/m1/s1. The lowest BCUT2D eigenvalue weighted by atomic mass is 9.36. The van der Waals surface area contributed by atoms with E-state index in [-0.39, 0.29) is 45.6 Å². The van der Waals surface area contributed by atoms with Gasteiger partial charge in [0.2, 0.25) is 0 Å². The third-order valence-electron chi connectivity index (χ3n) is 8.83. The Kier molecular flexibility index (Phi) is 3.43. The Bertz CT molecular complexity index is 694. The molecule has 4 heteroatoms. The first kappa shape index (κ1) is 17.0. The Hall–Kier alpha value is -1.45. The van der Waals surface area contributed by atoms with Crippen molar-refractivity contribution in [2.75, 3.05) is 7.11 Å². The van der Waals surface area contributed by atoms with Crippen LogP contribution in [0.2, 0.25) is 0 Å². The highest BCUT2D eigenvalue weighted by Crippen LogP contribution is 2.75. The summed E-state index contributed by atoms with van der Waals surface area (Å²) in [7, 11) is 1.40. The van der Waals surface area contributed by atoms with Gasteiger partial charge in [0.25, 0.3) is 0 Å². The van der Waals surface area contributed by atoms with E-state index in [0.717, 1.165) is 37.7 Å². The number of ether oxygens (including phenoxy) is 1. The van der Waals surface area contributed by atoms with E-state index >= 15 is 0 Å². The maximum Gasteiger partial charge on any atom is 0.309 e. The second-order valence-electron chi connectivity index (χ2n) is 9.32. The number of carbonyl (C=O) groups excluding carboxylic acids is 3. The number of esters is 1. The second-order valence-corrected chi connectivity index (χ2v) is 9.32. The molecule has 6 atom stereocenters. The second kappa shape index (κ2) is 5.05. The fourth-order valence-corrected chi connectivity index (χ4v) is 7.28. The average Bonchev–Trinajstić information content (AvgIpc) is 2.78. The summed E-state index contributed by atoms with van der Waals surface area (Å²) in [6.07, 6.45) is 5.22. The van der Waals surface area contributed by atoms with Crippen molar-refractivity contribution >= 4 is 17.5 Å². The first-order valence-corrected chi connectivity index (χ1v) is 9.53. The zero-order valence-electron chi connectivity index (χ0n) is 15.5. The minimum atomic E-state index is -0.378. The molecule has 0 heterocycles. The molecule has 4 saturated carbocycles. The Balaban J connectivity index is 1.84. The fraction of sp³-hybridized carbons (Fsp3) is 0.762. The molecule has 0 saturated heterocycles. The van der Waals surface area contributed by atoms with Gasteiger partial charge in [0, 0.05) is 18.3 Å². The predicted octanol–water partition coefficient (Wildman–Crippen LogP) is 3.49. The number of rotatable bonds is 1. The van der Waals surface area contributed by atoms with Crippen molar-refractivity contribution in [1.29, 1.82) is 0 Å². The molecule has 4 aliphatic rings. The smallest absolute Gasteiger partial charge is 0.309 e. The van der Waals surface area contributed by atoms with E-state index in [1.165, 1.54) is 7.11 Å². The van der Waals surface area contributed by atoms with Crippen LogP contribution in [0.3, 0.4) is 0 Å². The zero-order valence-corrected chi connectivity index (χ0v) is 15.5. The lowest BCUT2D eigenvalue weighted by molar-refractivity contribution is -0.198. The van der Waals surface area contributed by atoms with Gasteiger partial charge in [-0.25, -0.2) is 0 Å². The van der Waals surface area contributed by atoms with Gasteiger partial charge in [0.05, 0.1) is 13.0 Å². The van der Waals surface area contributed by atoms with Crippen molar-refractivity contribution in [3.8, 4) is 0 Å². The third-order valence-corrected chi connectivity index (χ3v) is 8.83. The molecule has 0 aromatic rings. The molecule has 4 aliphatic carbocycles. The predicted molar refractivity (Wildman–Crippen MR) is 92.6 cm³/mol. The van der Waals surface area contributed by atoms with E-state index in [1.807, 2.05) is 0 Å². The van der Waals surface area contributed by atoms with Crippen LogP contribution in [-0.2, 0) is 19.1 Å². The summed E-state index contributed by atoms with van der Waals surface area (Å²) in [4.78, 5) is 38.2. The first-order valence-electron chi connectivity index (χ1n) is 9.53. The number of methoxy groups -OCH3 is 1. The van der Waals surface area contributed by atoms with Gasteiger partial charge in [0.15, 0.2) is 5.78 Å². The lowest BCUT2D eigenvalue weighted by Gasteiger charge is -2.66. The Morgan fingerprint density at radius 3 is 2.60 bits per heavy atom. The van der Waals surface area contributed by atoms with Crippen molar-refractivity contribution < 1.29 is 19.1 Å². The highest BCUT2D eigenvalue weighted by atomic mass is 16.5. The number of carbonyl (C=O) groups is 3. The Morgan fingerprint density at radius 1 is 1.20 bits per heavy atom. The minimum Gasteiger partial charge on any atom is -0.469 e. The van der Waals surface area contributed by atoms with Crippen LogP contribution < -0.4 is 0 Å². The molecular formula is C21H28O4. The van der Waals surface area contributed by atoms with E-state index in [9.17, 15) is 14.4 Å². The molecule has 4 rings (SSSR count). The van der Waals surface area contributed by atoms with Gasteiger partial charge in [0.1, 0.15) is 5.78 Å². The molecule has 0 radical (unpaired) electrons. The maximum atomic E-state index is 13.2. The van der Waals surface area contributed by atoms with E-state index in [2.05, 4.69) is 20.4 Å². The fourth-order valence-electron chi connectivity index (χ4n) is 7.28. The van der Waals surface area contributed by atoms with Gasteiger partial charge in [-0.05, 0) is 60.3 Å². The molecule has 0 amide bonds. The van der Waals surface area contributed by atoms with E-state index in [0.29, 0.717) is 18.8 Å². The van der Waals surface area contributed by atoms with Crippen LogP contribution in [0.15, 0.2) is 12.2 Å². The van der Waals surface area contributed by atoms with Crippen molar-refractivity contribution in [2.45, 2.75) is 58.8 Å². The summed E-state index contributed by atoms with van der Waals surface area (Å²) in [6.45, 7) is 8.49. The molecule has 1 unspecified atom stereocenters. The monoisotopic (exact) mass is 344 g/mol. The maximum absolute atomic E-state index is 13.2. The molecule has 0 aromatic heterocycles.